The SMILES string of the molecule is CC(Nc1cnc(C(=O)O)cc1C(=O)O)c1ccccc1. The molecule has 1 aromatic heterocycles. The molecule has 0 aliphatic rings. The highest BCUT2D eigenvalue weighted by molar-refractivity contribution is 5.97. The van der Waals surface area contributed by atoms with Crippen LogP contribution in [0.15, 0.2) is 42.6 Å². The molecule has 1 heterocycles. The van der Waals surface area contributed by atoms with Crippen molar-refractivity contribution in [2.75, 3.05) is 5.32 Å². The maximum atomic E-state index is 11.3. The molecular weight excluding hydrogens is 272 g/mol. The number of hydrogen-bond acceptors (Lipinski definition) is 4. The van der Waals surface area contributed by atoms with E-state index < -0.39 is 11.9 Å². The average molecular weight is 286 g/mol. The molecular formula is C15H14N2O4. The van der Waals surface area contributed by atoms with Gasteiger partial charge in [0, 0.05) is 6.04 Å². The number of aromatic nitrogens is 1. The molecule has 1 atom stereocenters. The van der Waals surface area contributed by atoms with E-state index in [2.05, 4.69) is 10.3 Å². The number of aromatic carboxylic acids is 2. The number of nitrogens with zero attached hydrogens (tertiary/aromatic N) is 1. The predicted octanol–water partition coefficient (Wildman–Crippen LogP) is 2.65. The minimum Gasteiger partial charge on any atom is -0.478 e. The van der Waals surface area contributed by atoms with E-state index in [-0.39, 0.29) is 23.0 Å². The molecule has 6 heteroatoms. The summed E-state index contributed by atoms with van der Waals surface area (Å²) in [7, 11) is 0. The van der Waals surface area contributed by atoms with Gasteiger partial charge in [0.2, 0.25) is 0 Å². The number of pyridine rings is 1. The summed E-state index contributed by atoms with van der Waals surface area (Å²) >= 11 is 0. The molecule has 3 N–H and O–H groups in total. The third kappa shape index (κ3) is 3.36. The van der Waals surface area contributed by atoms with Crippen molar-refractivity contribution in [3.8, 4) is 0 Å². The van der Waals surface area contributed by atoms with Gasteiger partial charge in [0.15, 0.2) is 0 Å². The third-order valence-electron chi connectivity index (χ3n) is 3.03. The molecule has 1 aromatic carbocycles. The van der Waals surface area contributed by atoms with Gasteiger partial charge in [-0.25, -0.2) is 14.6 Å². The Morgan fingerprint density at radius 3 is 2.38 bits per heavy atom. The van der Waals surface area contributed by atoms with E-state index >= 15 is 0 Å². The second-order valence-electron chi connectivity index (χ2n) is 4.50. The first kappa shape index (κ1) is 14.5. The molecule has 2 aromatic rings. The minimum atomic E-state index is -1.26. The summed E-state index contributed by atoms with van der Waals surface area (Å²) < 4.78 is 0. The number of anilines is 1. The van der Waals surface area contributed by atoms with E-state index in [1.54, 1.807) is 0 Å². The van der Waals surface area contributed by atoms with Crippen LogP contribution in [-0.2, 0) is 0 Å². The van der Waals surface area contributed by atoms with E-state index in [4.69, 9.17) is 5.11 Å². The molecule has 0 saturated heterocycles. The molecule has 0 fully saturated rings. The standard InChI is InChI=1S/C15H14N2O4/c1-9(10-5-3-2-4-6-10)17-13-8-16-12(15(20)21)7-11(13)14(18)19/h2-9,17H,1H3,(H,18,19)(H,20,21). The predicted molar refractivity (Wildman–Crippen MR) is 76.6 cm³/mol. The second-order valence-corrected chi connectivity index (χ2v) is 4.50. The van der Waals surface area contributed by atoms with Gasteiger partial charge in [0.05, 0.1) is 17.4 Å². The first-order valence-electron chi connectivity index (χ1n) is 6.27. The monoisotopic (exact) mass is 286 g/mol. The van der Waals surface area contributed by atoms with Crippen molar-refractivity contribution in [3.63, 3.8) is 0 Å². The quantitative estimate of drug-likeness (QED) is 0.781. The highest BCUT2D eigenvalue weighted by Gasteiger charge is 2.17. The largest absolute Gasteiger partial charge is 0.478 e. The Morgan fingerprint density at radius 2 is 1.81 bits per heavy atom. The summed E-state index contributed by atoms with van der Waals surface area (Å²) in [6, 6.07) is 10.4. The summed E-state index contributed by atoms with van der Waals surface area (Å²) in [5.41, 5.74) is 0.843. The number of nitrogens with one attached hydrogen (secondary N) is 1. The first-order valence-corrected chi connectivity index (χ1v) is 6.27. The summed E-state index contributed by atoms with van der Waals surface area (Å²) in [5, 5.41) is 21.1. The van der Waals surface area contributed by atoms with Gasteiger partial charge in [-0.3, -0.25) is 0 Å². The smallest absolute Gasteiger partial charge is 0.354 e. The number of rotatable bonds is 5. The van der Waals surface area contributed by atoms with Gasteiger partial charge >= 0.3 is 11.9 Å². The van der Waals surface area contributed by atoms with Crippen LogP contribution in [-0.4, -0.2) is 27.1 Å². The molecule has 0 radical (unpaired) electrons. The van der Waals surface area contributed by atoms with Crippen LogP contribution in [0.1, 0.15) is 39.4 Å². The van der Waals surface area contributed by atoms with E-state index in [0.29, 0.717) is 0 Å². The summed E-state index contributed by atoms with van der Waals surface area (Å²) in [6.45, 7) is 1.88. The van der Waals surface area contributed by atoms with Gasteiger partial charge in [-0.1, -0.05) is 30.3 Å². The lowest BCUT2D eigenvalue weighted by Crippen LogP contribution is -2.13. The second kappa shape index (κ2) is 6.04. The van der Waals surface area contributed by atoms with Gasteiger partial charge in [0.25, 0.3) is 0 Å². The maximum absolute atomic E-state index is 11.3. The van der Waals surface area contributed by atoms with Crippen molar-refractivity contribution in [1.29, 1.82) is 0 Å². The van der Waals surface area contributed by atoms with Crippen LogP contribution in [0.2, 0.25) is 0 Å². The molecule has 21 heavy (non-hydrogen) atoms. The molecule has 6 nitrogen and oxygen atoms in total. The third-order valence-corrected chi connectivity index (χ3v) is 3.03. The fourth-order valence-corrected chi connectivity index (χ4v) is 1.92. The Bertz CT molecular complexity index is 671. The maximum Gasteiger partial charge on any atom is 0.354 e. The highest BCUT2D eigenvalue weighted by atomic mass is 16.4. The van der Waals surface area contributed by atoms with E-state index in [1.807, 2.05) is 37.3 Å². The van der Waals surface area contributed by atoms with Gasteiger partial charge in [0.1, 0.15) is 5.69 Å². The summed E-state index contributed by atoms with van der Waals surface area (Å²) in [6.07, 6.45) is 1.23. The summed E-state index contributed by atoms with van der Waals surface area (Å²) in [4.78, 5) is 25.9. The van der Waals surface area contributed by atoms with Crippen LogP contribution >= 0.6 is 0 Å². The Hall–Kier alpha value is -2.89. The molecule has 1 unspecified atom stereocenters. The topological polar surface area (TPSA) is 99.5 Å². The van der Waals surface area contributed by atoms with Crippen LogP contribution in [0.4, 0.5) is 5.69 Å². The molecule has 0 saturated carbocycles. The van der Waals surface area contributed by atoms with Crippen LogP contribution in [0.5, 0.6) is 0 Å². The lowest BCUT2D eigenvalue weighted by atomic mass is 10.1. The van der Waals surface area contributed by atoms with Crippen molar-refractivity contribution >= 4 is 17.6 Å². The van der Waals surface area contributed by atoms with Crippen LogP contribution < -0.4 is 5.32 Å². The van der Waals surface area contributed by atoms with Crippen molar-refractivity contribution in [2.45, 2.75) is 13.0 Å². The number of carbonyl (C=O) groups is 2. The average Bonchev–Trinajstić information content (AvgIpc) is 2.48. The fourth-order valence-electron chi connectivity index (χ4n) is 1.92. The normalized spacial score (nSPS) is 11.7. The number of carboxylic acid groups (broad SMARTS) is 2. The van der Waals surface area contributed by atoms with Crippen molar-refractivity contribution < 1.29 is 19.8 Å². The lowest BCUT2D eigenvalue weighted by Gasteiger charge is -2.17. The first-order chi connectivity index (χ1) is 9.99. The zero-order chi connectivity index (χ0) is 15.4. The lowest BCUT2D eigenvalue weighted by molar-refractivity contribution is 0.0690. The molecule has 0 bridgehead atoms. The number of hydrogen-bond donors (Lipinski definition) is 3. The molecule has 0 aliphatic carbocycles. The van der Waals surface area contributed by atoms with Gasteiger partial charge in [-0.2, -0.15) is 0 Å². The van der Waals surface area contributed by atoms with E-state index in [9.17, 15) is 14.7 Å². The van der Waals surface area contributed by atoms with E-state index in [0.717, 1.165) is 11.6 Å². The van der Waals surface area contributed by atoms with Crippen molar-refractivity contribution in [2.24, 2.45) is 0 Å². The van der Waals surface area contributed by atoms with Gasteiger partial charge in [-0.05, 0) is 18.6 Å². The van der Waals surface area contributed by atoms with Crippen LogP contribution in [0.25, 0.3) is 0 Å². The highest BCUT2D eigenvalue weighted by Crippen LogP contribution is 2.22. The van der Waals surface area contributed by atoms with Crippen LogP contribution in [0.3, 0.4) is 0 Å². The Labute approximate surface area is 121 Å². The van der Waals surface area contributed by atoms with Gasteiger partial charge in [-0.15, -0.1) is 0 Å². The molecule has 108 valence electrons. The number of benzene rings is 1. The zero-order valence-corrected chi connectivity index (χ0v) is 11.3. The molecule has 0 aliphatic heterocycles. The summed E-state index contributed by atoms with van der Waals surface area (Å²) in [5.74, 6) is -2.47. The molecule has 0 spiro atoms. The van der Waals surface area contributed by atoms with Crippen molar-refractivity contribution in [1.82, 2.24) is 4.98 Å². The fraction of sp³-hybridized carbons (Fsp3) is 0.133. The Kier molecular flexibility index (Phi) is 4.18. The van der Waals surface area contributed by atoms with Gasteiger partial charge < -0.3 is 15.5 Å². The minimum absolute atomic E-state index is 0.120. The Morgan fingerprint density at radius 1 is 1.14 bits per heavy atom. The van der Waals surface area contributed by atoms with Crippen molar-refractivity contribution in [3.05, 3.63) is 59.4 Å². The molecule has 2 rings (SSSR count). The van der Waals surface area contributed by atoms with E-state index in [1.165, 1.54) is 6.20 Å². The zero-order valence-electron chi connectivity index (χ0n) is 11.3. The van der Waals surface area contributed by atoms with Crippen LogP contribution in [0, 0.1) is 0 Å². The number of carboxylic acids is 2. The molecule has 0 amide bonds. The Balaban J connectivity index is 2.31.